The zero-order valence-corrected chi connectivity index (χ0v) is 13.9. The Morgan fingerprint density at radius 1 is 1.50 bits per heavy atom. The van der Waals surface area contributed by atoms with Gasteiger partial charge < -0.3 is 20.3 Å². The summed E-state index contributed by atoms with van der Waals surface area (Å²) in [6.45, 7) is 8.52. The van der Waals surface area contributed by atoms with Crippen molar-refractivity contribution in [2.24, 2.45) is 5.92 Å². The summed E-state index contributed by atoms with van der Waals surface area (Å²) in [6, 6.07) is 1.86. The lowest BCUT2D eigenvalue weighted by Gasteiger charge is -2.31. The Labute approximate surface area is 137 Å². The maximum atomic E-state index is 5.27. The van der Waals surface area contributed by atoms with E-state index in [9.17, 15) is 0 Å². The van der Waals surface area contributed by atoms with Gasteiger partial charge in [0.25, 0.3) is 0 Å². The number of nitrogens with zero attached hydrogens (tertiary/aromatic N) is 3. The number of methoxy groups -OCH3 is 1. The summed E-state index contributed by atoms with van der Waals surface area (Å²) >= 11 is 5.19. The summed E-state index contributed by atoms with van der Waals surface area (Å²) in [7, 11) is 1.60. The molecule has 0 spiro atoms. The highest BCUT2D eigenvalue weighted by Crippen LogP contribution is 2.24. The first-order chi connectivity index (χ1) is 10.6. The zero-order chi connectivity index (χ0) is 15.9. The van der Waals surface area contributed by atoms with E-state index < -0.39 is 0 Å². The molecule has 1 saturated heterocycles. The van der Waals surface area contributed by atoms with Gasteiger partial charge in [-0.2, -0.15) is 9.97 Å². The molecule has 1 fully saturated rings. The molecular weight excluding hydrogens is 298 g/mol. The van der Waals surface area contributed by atoms with Gasteiger partial charge in [0, 0.05) is 25.7 Å². The van der Waals surface area contributed by atoms with Crippen molar-refractivity contribution in [3.8, 4) is 5.88 Å². The van der Waals surface area contributed by atoms with E-state index in [4.69, 9.17) is 17.0 Å². The molecule has 2 heterocycles. The first-order valence-corrected chi connectivity index (χ1v) is 7.87. The van der Waals surface area contributed by atoms with Crippen LogP contribution in [0.2, 0.25) is 0 Å². The van der Waals surface area contributed by atoms with Gasteiger partial charge in [-0.25, -0.2) is 0 Å². The molecular formula is C15H23N5OS. The fraction of sp³-hybridized carbons (Fsp3) is 0.533. The minimum atomic E-state index is 0.439. The van der Waals surface area contributed by atoms with Crippen molar-refractivity contribution in [3.63, 3.8) is 0 Å². The highest BCUT2D eigenvalue weighted by molar-refractivity contribution is 7.80. The van der Waals surface area contributed by atoms with Crippen molar-refractivity contribution < 1.29 is 4.74 Å². The molecule has 0 atom stereocenters. The maximum absolute atomic E-state index is 5.27. The third-order valence-corrected chi connectivity index (χ3v) is 3.88. The van der Waals surface area contributed by atoms with Crippen LogP contribution in [0.15, 0.2) is 18.7 Å². The molecule has 22 heavy (non-hydrogen) atoms. The minimum absolute atomic E-state index is 0.439. The van der Waals surface area contributed by atoms with E-state index in [1.54, 1.807) is 13.2 Å². The molecule has 1 aromatic heterocycles. The lowest BCUT2D eigenvalue weighted by Crippen LogP contribution is -2.34. The summed E-state index contributed by atoms with van der Waals surface area (Å²) in [5, 5.41) is 6.44. The second-order valence-electron chi connectivity index (χ2n) is 5.39. The highest BCUT2D eigenvalue weighted by atomic mass is 32.1. The lowest BCUT2D eigenvalue weighted by molar-refractivity contribution is 0.396. The van der Waals surface area contributed by atoms with Crippen LogP contribution < -0.4 is 20.3 Å². The largest absolute Gasteiger partial charge is 0.481 e. The van der Waals surface area contributed by atoms with Crippen LogP contribution in [0.5, 0.6) is 5.88 Å². The van der Waals surface area contributed by atoms with Crippen molar-refractivity contribution >= 4 is 29.1 Å². The van der Waals surface area contributed by atoms with Crippen LogP contribution in [0.25, 0.3) is 0 Å². The normalized spacial score (nSPS) is 15.3. The third-order valence-electron chi connectivity index (χ3n) is 3.64. The number of aromatic nitrogens is 2. The molecule has 1 aliphatic heterocycles. The Balaban J connectivity index is 2.11. The monoisotopic (exact) mass is 321 g/mol. The predicted molar refractivity (Wildman–Crippen MR) is 93.6 cm³/mol. The average molecular weight is 321 g/mol. The number of thiocarbonyl (C=S) groups is 1. The number of rotatable bonds is 5. The number of hydrogen-bond donors (Lipinski definition) is 2. The van der Waals surface area contributed by atoms with Gasteiger partial charge in [-0.3, -0.25) is 0 Å². The Bertz CT molecular complexity index is 529. The van der Waals surface area contributed by atoms with Crippen LogP contribution in [0.3, 0.4) is 0 Å². The third kappa shape index (κ3) is 4.56. The van der Waals surface area contributed by atoms with E-state index in [1.165, 1.54) is 12.8 Å². The van der Waals surface area contributed by atoms with Crippen molar-refractivity contribution in [1.29, 1.82) is 0 Å². The van der Waals surface area contributed by atoms with Crippen molar-refractivity contribution in [1.82, 2.24) is 15.3 Å². The second-order valence-corrected chi connectivity index (χ2v) is 5.79. The van der Waals surface area contributed by atoms with Crippen LogP contribution in [-0.2, 0) is 0 Å². The van der Waals surface area contributed by atoms with Crippen molar-refractivity contribution in [2.75, 3.05) is 37.0 Å². The van der Waals surface area contributed by atoms with E-state index in [0.717, 1.165) is 24.8 Å². The zero-order valence-electron chi connectivity index (χ0n) is 13.1. The Hall–Kier alpha value is -1.89. The van der Waals surface area contributed by atoms with E-state index in [0.29, 0.717) is 23.5 Å². The van der Waals surface area contributed by atoms with E-state index >= 15 is 0 Å². The van der Waals surface area contributed by atoms with Gasteiger partial charge in [0.05, 0.1) is 7.11 Å². The van der Waals surface area contributed by atoms with Gasteiger partial charge in [0.2, 0.25) is 11.8 Å². The summed E-state index contributed by atoms with van der Waals surface area (Å²) in [6.07, 6.45) is 4.09. The molecule has 1 aliphatic rings. The van der Waals surface area contributed by atoms with Crippen LogP contribution in [0.1, 0.15) is 19.8 Å². The standard InChI is InChI=1S/C15H23N5OS/c1-4-7-16-15(22)19-14-17-12(10-13(18-14)21-3)20-8-5-11(2)6-9-20/h4,10-11H,1,5-9H2,2-3H3,(H2,16,17,18,19,22). The van der Waals surface area contributed by atoms with Gasteiger partial charge in [0.1, 0.15) is 5.82 Å². The van der Waals surface area contributed by atoms with Gasteiger partial charge in [0.15, 0.2) is 5.11 Å². The van der Waals surface area contributed by atoms with E-state index in [2.05, 4.69) is 39.0 Å². The van der Waals surface area contributed by atoms with Crippen molar-refractivity contribution in [3.05, 3.63) is 18.7 Å². The molecule has 0 saturated carbocycles. The Morgan fingerprint density at radius 3 is 2.86 bits per heavy atom. The number of ether oxygens (including phenoxy) is 1. The Kier molecular flexibility index (Phi) is 5.94. The fourth-order valence-corrected chi connectivity index (χ4v) is 2.46. The lowest BCUT2D eigenvalue weighted by atomic mass is 9.99. The van der Waals surface area contributed by atoms with Gasteiger partial charge in [-0.05, 0) is 31.0 Å². The summed E-state index contributed by atoms with van der Waals surface area (Å²) in [4.78, 5) is 11.1. The topological polar surface area (TPSA) is 62.3 Å². The van der Waals surface area contributed by atoms with Crippen LogP contribution >= 0.6 is 12.2 Å². The molecule has 0 radical (unpaired) electrons. The second kappa shape index (κ2) is 7.93. The first-order valence-electron chi connectivity index (χ1n) is 7.46. The van der Waals surface area contributed by atoms with Crippen LogP contribution in [0.4, 0.5) is 11.8 Å². The van der Waals surface area contributed by atoms with Gasteiger partial charge in [-0.15, -0.1) is 6.58 Å². The van der Waals surface area contributed by atoms with E-state index in [-0.39, 0.29) is 0 Å². The molecule has 2 N–H and O–H groups in total. The maximum Gasteiger partial charge on any atom is 0.234 e. The fourth-order valence-electron chi connectivity index (χ4n) is 2.28. The molecule has 120 valence electrons. The summed E-state index contributed by atoms with van der Waals surface area (Å²) < 4.78 is 5.27. The highest BCUT2D eigenvalue weighted by Gasteiger charge is 2.18. The SMILES string of the molecule is C=CCNC(=S)Nc1nc(OC)cc(N2CCC(C)CC2)n1. The Morgan fingerprint density at radius 2 is 2.23 bits per heavy atom. The number of piperidine rings is 1. The van der Waals surface area contributed by atoms with Crippen LogP contribution in [0, 0.1) is 5.92 Å². The first kappa shape index (κ1) is 16.5. The van der Waals surface area contributed by atoms with Gasteiger partial charge >= 0.3 is 0 Å². The minimum Gasteiger partial charge on any atom is -0.481 e. The summed E-state index contributed by atoms with van der Waals surface area (Å²) in [5.41, 5.74) is 0. The molecule has 1 aromatic rings. The van der Waals surface area contributed by atoms with Crippen molar-refractivity contribution in [2.45, 2.75) is 19.8 Å². The molecule has 0 amide bonds. The molecule has 0 aliphatic carbocycles. The molecule has 6 nitrogen and oxygen atoms in total. The average Bonchev–Trinajstić information content (AvgIpc) is 2.53. The van der Waals surface area contributed by atoms with Crippen LogP contribution in [-0.4, -0.2) is 41.8 Å². The predicted octanol–water partition coefficient (Wildman–Crippen LogP) is 2.19. The molecule has 2 rings (SSSR count). The smallest absolute Gasteiger partial charge is 0.234 e. The molecule has 7 heteroatoms. The molecule has 0 bridgehead atoms. The number of hydrogen-bond acceptors (Lipinski definition) is 5. The quantitative estimate of drug-likeness (QED) is 0.637. The number of nitrogens with one attached hydrogen (secondary N) is 2. The number of anilines is 2. The van der Waals surface area contributed by atoms with E-state index in [1.807, 2.05) is 6.07 Å². The molecule has 0 aromatic carbocycles. The summed E-state index contributed by atoms with van der Waals surface area (Å²) in [5.74, 6) is 2.60. The van der Waals surface area contributed by atoms with Gasteiger partial charge in [-0.1, -0.05) is 13.0 Å². The molecule has 0 unspecified atom stereocenters.